The van der Waals surface area contributed by atoms with E-state index in [2.05, 4.69) is 0 Å². The van der Waals surface area contributed by atoms with Gasteiger partial charge in [-0.2, -0.15) is 0 Å². The Hall–Kier alpha value is -3.52. The Morgan fingerprint density at radius 1 is 1.00 bits per heavy atom. The van der Waals surface area contributed by atoms with E-state index in [1.807, 2.05) is 25.9 Å². The van der Waals surface area contributed by atoms with Crippen molar-refractivity contribution in [2.75, 3.05) is 48.5 Å². The lowest BCUT2D eigenvalue weighted by Crippen LogP contribution is -2.35. The van der Waals surface area contributed by atoms with Gasteiger partial charge in [0.1, 0.15) is 23.0 Å². The third-order valence-electron chi connectivity index (χ3n) is 5.73. The molecule has 1 atom stereocenters. The van der Waals surface area contributed by atoms with Crippen LogP contribution in [0.25, 0.3) is 5.76 Å². The summed E-state index contributed by atoms with van der Waals surface area (Å²) in [5.41, 5.74) is 1.83. The molecule has 1 heterocycles. The van der Waals surface area contributed by atoms with Gasteiger partial charge in [-0.15, -0.1) is 0 Å². The topological polar surface area (TPSA) is 88.5 Å². The summed E-state index contributed by atoms with van der Waals surface area (Å²) in [4.78, 5) is 29.6. The Labute approximate surface area is 194 Å². The third-order valence-corrected chi connectivity index (χ3v) is 5.73. The van der Waals surface area contributed by atoms with Gasteiger partial charge in [0.15, 0.2) is 0 Å². The van der Waals surface area contributed by atoms with Crippen LogP contribution >= 0.6 is 0 Å². The first kappa shape index (κ1) is 24.1. The molecular weight excluding hydrogens is 424 g/mol. The number of hydrogen-bond donors (Lipinski definition) is 1. The molecule has 0 bridgehead atoms. The molecule has 2 aromatic rings. The molecule has 3 rings (SSSR count). The van der Waals surface area contributed by atoms with Crippen molar-refractivity contribution < 1.29 is 28.9 Å². The van der Waals surface area contributed by atoms with E-state index in [4.69, 9.17) is 14.2 Å². The van der Waals surface area contributed by atoms with Crippen LogP contribution in [0, 0.1) is 6.92 Å². The molecule has 0 aliphatic carbocycles. The fraction of sp³-hybridized carbons (Fsp3) is 0.360. The molecule has 1 saturated heterocycles. The lowest BCUT2D eigenvalue weighted by Gasteiger charge is -2.27. The number of nitrogens with zero attached hydrogens (tertiary/aromatic N) is 2. The average molecular weight is 455 g/mol. The lowest BCUT2D eigenvalue weighted by molar-refractivity contribution is -0.140. The van der Waals surface area contributed by atoms with Crippen molar-refractivity contribution >= 4 is 17.4 Å². The predicted octanol–water partition coefficient (Wildman–Crippen LogP) is 3.00. The van der Waals surface area contributed by atoms with Crippen molar-refractivity contribution in [3.63, 3.8) is 0 Å². The maximum Gasteiger partial charge on any atom is 0.295 e. The van der Waals surface area contributed by atoms with Crippen molar-refractivity contribution in [3.05, 3.63) is 58.7 Å². The zero-order valence-corrected chi connectivity index (χ0v) is 19.8. The van der Waals surface area contributed by atoms with Gasteiger partial charge in [-0.1, -0.05) is 0 Å². The van der Waals surface area contributed by atoms with Crippen LogP contribution in [0.1, 0.15) is 22.7 Å². The van der Waals surface area contributed by atoms with Crippen molar-refractivity contribution in [2.45, 2.75) is 13.0 Å². The van der Waals surface area contributed by atoms with Gasteiger partial charge in [0.25, 0.3) is 11.7 Å². The molecule has 33 heavy (non-hydrogen) atoms. The predicted molar refractivity (Wildman–Crippen MR) is 125 cm³/mol. The highest BCUT2D eigenvalue weighted by atomic mass is 16.5. The lowest BCUT2D eigenvalue weighted by atomic mass is 9.94. The molecule has 8 heteroatoms. The SMILES string of the molecule is COc1ccc([C@H]2C(=C(O)c3ccc(OC)c(C)c3)C(=O)C(=O)N2CCN(C)C)c(OC)c1. The first-order valence-electron chi connectivity index (χ1n) is 10.5. The van der Waals surface area contributed by atoms with Crippen molar-refractivity contribution in [1.82, 2.24) is 9.80 Å². The summed E-state index contributed by atoms with van der Waals surface area (Å²) in [5.74, 6) is 0.0503. The van der Waals surface area contributed by atoms with Crippen LogP contribution in [0.2, 0.25) is 0 Å². The number of aliphatic hydroxyl groups is 1. The number of ether oxygens (including phenoxy) is 3. The van der Waals surface area contributed by atoms with Crippen molar-refractivity contribution in [1.29, 1.82) is 0 Å². The molecule has 0 spiro atoms. The number of rotatable bonds is 8. The number of likely N-dealkylation sites (N-methyl/N-ethyl adjacent to an activating group) is 1. The summed E-state index contributed by atoms with van der Waals surface area (Å²) in [7, 11) is 8.40. The summed E-state index contributed by atoms with van der Waals surface area (Å²) in [6.07, 6.45) is 0. The maximum absolute atomic E-state index is 13.2. The van der Waals surface area contributed by atoms with E-state index in [1.165, 1.54) is 12.0 Å². The highest BCUT2D eigenvalue weighted by Gasteiger charge is 2.47. The van der Waals surface area contributed by atoms with Gasteiger partial charge in [0.2, 0.25) is 0 Å². The number of carbonyl (C=O) groups excluding carboxylic acids is 2. The summed E-state index contributed by atoms with van der Waals surface area (Å²) >= 11 is 0. The monoisotopic (exact) mass is 454 g/mol. The molecule has 0 aromatic heterocycles. The highest BCUT2D eigenvalue weighted by molar-refractivity contribution is 6.46. The molecule has 0 radical (unpaired) electrons. The van der Waals surface area contributed by atoms with Crippen LogP contribution in [0.4, 0.5) is 0 Å². The number of amides is 1. The van der Waals surface area contributed by atoms with Crippen molar-refractivity contribution in [3.8, 4) is 17.2 Å². The number of likely N-dealkylation sites (tertiary alicyclic amines) is 1. The molecule has 1 aliphatic rings. The normalized spacial score (nSPS) is 17.5. The van der Waals surface area contributed by atoms with Crippen LogP contribution < -0.4 is 14.2 Å². The Morgan fingerprint density at radius 2 is 1.70 bits per heavy atom. The van der Waals surface area contributed by atoms with Crippen LogP contribution in [0.5, 0.6) is 17.2 Å². The number of ketones is 1. The molecule has 2 aromatic carbocycles. The minimum atomic E-state index is -0.812. The van der Waals surface area contributed by atoms with Gasteiger partial charge in [-0.05, 0) is 56.9 Å². The standard InChI is InChI=1S/C25H30N2O6/c1-15-13-16(7-10-19(15)32-5)23(28)21-22(18-9-8-17(31-4)14-20(18)33-6)27(12-11-26(2)3)25(30)24(21)29/h7-10,13-14,22,28H,11-12H2,1-6H3/t22-/m0/s1. The zero-order chi connectivity index (χ0) is 24.3. The van der Waals surface area contributed by atoms with Gasteiger partial charge < -0.3 is 29.1 Å². The third kappa shape index (κ3) is 4.66. The van der Waals surface area contributed by atoms with Crippen LogP contribution in [-0.2, 0) is 9.59 Å². The van der Waals surface area contributed by atoms with Crippen LogP contribution in [0.3, 0.4) is 0 Å². The first-order chi connectivity index (χ1) is 15.7. The Bertz CT molecular complexity index is 1090. The number of aryl methyl sites for hydroxylation is 1. The van der Waals surface area contributed by atoms with E-state index in [0.717, 1.165) is 5.56 Å². The first-order valence-corrected chi connectivity index (χ1v) is 10.5. The average Bonchev–Trinajstić information content (AvgIpc) is 3.06. The Balaban J connectivity index is 2.22. The van der Waals surface area contributed by atoms with Gasteiger partial charge in [-0.3, -0.25) is 9.59 Å². The summed E-state index contributed by atoms with van der Waals surface area (Å²) in [6.45, 7) is 2.69. The zero-order valence-electron chi connectivity index (χ0n) is 19.8. The second-order valence-electron chi connectivity index (χ2n) is 8.09. The molecule has 1 N–H and O–H groups in total. The molecule has 0 unspecified atom stereocenters. The highest BCUT2D eigenvalue weighted by Crippen LogP contribution is 2.43. The van der Waals surface area contributed by atoms with Crippen LogP contribution in [-0.4, -0.2) is 75.1 Å². The second kappa shape index (κ2) is 9.95. The van der Waals surface area contributed by atoms with E-state index in [-0.39, 0.29) is 11.3 Å². The summed E-state index contributed by atoms with van der Waals surface area (Å²) < 4.78 is 16.2. The number of benzene rings is 2. The van der Waals surface area contributed by atoms with Crippen molar-refractivity contribution in [2.24, 2.45) is 0 Å². The molecule has 1 aliphatic heterocycles. The molecule has 0 saturated carbocycles. The fourth-order valence-corrected chi connectivity index (χ4v) is 3.97. The number of hydrogen-bond acceptors (Lipinski definition) is 7. The van der Waals surface area contributed by atoms with E-state index in [0.29, 0.717) is 41.5 Å². The van der Waals surface area contributed by atoms with E-state index in [9.17, 15) is 14.7 Å². The molecule has 1 fully saturated rings. The molecule has 176 valence electrons. The summed E-state index contributed by atoms with van der Waals surface area (Å²) in [6, 6.07) is 9.48. The van der Waals surface area contributed by atoms with E-state index in [1.54, 1.807) is 50.6 Å². The minimum absolute atomic E-state index is 0.0202. The minimum Gasteiger partial charge on any atom is -0.507 e. The molecule has 1 amide bonds. The largest absolute Gasteiger partial charge is 0.507 e. The summed E-state index contributed by atoms with van der Waals surface area (Å²) in [5, 5.41) is 11.3. The fourth-order valence-electron chi connectivity index (χ4n) is 3.97. The van der Waals surface area contributed by atoms with Gasteiger partial charge >= 0.3 is 0 Å². The number of Topliss-reactive ketones (excluding diaryl/α,β-unsaturated/α-hetero) is 1. The maximum atomic E-state index is 13.2. The van der Waals surface area contributed by atoms with Gasteiger partial charge in [0.05, 0.1) is 32.9 Å². The van der Waals surface area contributed by atoms with Gasteiger partial charge in [-0.25, -0.2) is 0 Å². The molecule has 8 nitrogen and oxygen atoms in total. The quantitative estimate of drug-likeness (QED) is 0.373. The number of aliphatic hydroxyl groups excluding tert-OH is 1. The van der Waals surface area contributed by atoms with Crippen LogP contribution in [0.15, 0.2) is 42.0 Å². The number of methoxy groups -OCH3 is 3. The second-order valence-corrected chi connectivity index (χ2v) is 8.09. The van der Waals surface area contributed by atoms with E-state index >= 15 is 0 Å². The van der Waals surface area contributed by atoms with E-state index < -0.39 is 17.7 Å². The van der Waals surface area contributed by atoms with Gasteiger partial charge in [0, 0.05) is 30.3 Å². The number of carbonyl (C=O) groups is 2. The molecular formula is C25H30N2O6. The smallest absolute Gasteiger partial charge is 0.295 e. The Kier molecular flexibility index (Phi) is 7.28. The Morgan fingerprint density at radius 3 is 2.27 bits per heavy atom.